The van der Waals surface area contributed by atoms with E-state index in [1.807, 2.05) is 6.92 Å². The molecular formula is C8H16BrN. The number of alkyl halides is 1. The van der Waals surface area contributed by atoms with Crippen LogP contribution in [0.25, 0.3) is 0 Å². The fourth-order valence-electron chi connectivity index (χ4n) is 0.653. The molecule has 10 heavy (non-hydrogen) atoms. The molecule has 0 aliphatic rings. The molecule has 2 heteroatoms. The molecule has 0 saturated carbocycles. The predicted octanol–water partition coefficient (Wildman–Crippen LogP) is 2.33. The van der Waals surface area contributed by atoms with Gasteiger partial charge in [0.05, 0.1) is 0 Å². The second kappa shape index (κ2) is 7.29. The van der Waals surface area contributed by atoms with Gasteiger partial charge in [0.2, 0.25) is 0 Å². The van der Waals surface area contributed by atoms with E-state index in [1.165, 1.54) is 6.42 Å². The van der Waals surface area contributed by atoms with Crippen molar-refractivity contribution in [3.8, 4) is 0 Å². The zero-order valence-corrected chi connectivity index (χ0v) is 8.32. The molecule has 1 unspecified atom stereocenters. The maximum absolute atomic E-state index is 3.40. The first-order chi connectivity index (χ1) is 4.81. The lowest BCUT2D eigenvalue weighted by molar-refractivity contribution is 0.572. The Morgan fingerprint density at radius 1 is 1.60 bits per heavy atom. The number of halogens is 1. The Balaban J connectivity index is 3.12. The van der Waals surface area contributed by atoms with Crippen LogP contribution in [0.2, 0.25) is 0 Å². The highest BCUT2D eigenvalue weighted by molar-refractivity contribution is 9.09. The second-order valence-corrected chi connectivity index (χ2v) is 3.15. The number of nitrogens with one attached hydrogen (secondary N) is 1. The molecule has 0 aromatic heterocycles. The fraction of sp³-hybridized carbons (Fsp3) is 0.750. The van der Waals surface area contributed by atoms with Crippen molar-refractivity contribution in [2.75, 3.05) is 11.9 Å². The fourth-order valence-corrected chi connectivity index (χ4v) is 1.34. The highest BCUT2D eigenvalue weighted by Gasteiger charge is 1.95. The first kappa shape index (κ1) is 10.2. The third-order valence-corrected chi connectivity index (χ3v) is 1.82. The molecule has 60 valence electrons. The van der Waals surface area contributed by atoms with Gasteiger partial charge >= 0.3 is 0 Å². The third kappa shape index (κ3) is 6.30. The topological polar surface area (TPSA) is 12.0 Å². The summed E-state index contributed by atoms with van der Waals surface area (Å²) >= 11 is 3.40. The first-order valence-corrected chi connectivity index (χ1v) is 4.84. The van der Waals surface area contributed by atoms with Gasteiger partial charge in [0.25, 0.3) is 0 Å². The van der Waals surface area contributed by atoms with E-state index in [2.05, 4.69) is 40.3 Å². The molecular weight excluding hydrogens is 190 g/mol. The summed E-state index contributed by atoms with van der Waals surface area (Å²) in [7, 11) is 0. The second-order valence-electron chi connectivity index (χ2n) is 2.36. The first-order valence-electron chi connectivity index (χ1n) is 3.71. The van der Waals surface area contributed by atoms with E-state index in [0.717, 1.165) is 11.9 Å². The van der Waals surface area contributed by atoms with Crippen LogP contribution in [-0.4, -0.2) is 17.9 Å². The normalized spacial score (nSPS) is 14.3. The van der Waals surface area contributed by atoms with E-state index in [0.29, 0.717) is 6.04 Å². The Morgan fingerprint density at radius 3 is 2.80 bits per heavy atom. The third-order valence-electron chi connectivity index (χ3n) is 1.36. The van der Waals surface area contributed by atoms with Gasteiger partial charge in [0, 0.05) is 17.9 Å². The lowest BCUT2D eigenvalue weighted by atomic mass is 10.2. The van der Waals surface area contributed by atoms with Crippen LogP contribution in [0.5, 0.6) is 0 Å². The minimum Gasteiger partial charge on any atom is -0.311 e. The van der Waals surface area contributed by atoms with E-state index in [-0.39, 0.29) is 0 Å². The van der Waals surface area contributed by atoms with Crippen LogP contribution < -0.4 is 5.32 Å². The van der Waals surface area contributed by atoms with Gasteiger partial charge in [-0.3, -0.25) is 0 Å². The van der Waals surface area contributed by atoms with Crippen molar-refractivity contribution in [2.24, 2.45) is 0 Å². The molecule has 1 N–H and O–H groups in total. The van der Waals surface area contributed by atoms with Crippen LogP contribution in [0.15, 0.2) is 12.2 Å². The Labute approximate surface area is 72.0 Å². The molecule has 0 aliphatic carbocycles. The van der Waals surface area contributed by atoms with Crippen molar-refractivity contribution in [2.45, 2.75) is 26.3 Å². The van der Waals surface area contributed by atoms with Gasteiger partial charge in [-0.05, 0) is 20.3 Å². The predicted molar refractivity (Wildman–Crippen MR) is 50.7 cm³/mol. The molecule has 0 rings (SSSR count). The summed E-state index contributed by atoms with van der Waals surface area (Å²) in [4.78, 5) is 0. The summed E-state index contributed by atoms with van der Waals surface area (Å²) in [6, 6.07) is 0.621. The molecule has 0 aromatic rings. The van der Waals surface area contributed by atoms with Crippen molar-refractivity contribution in [3.05, 3.63) is 12.2 Å². The lowest BCUT2D eigenvalue weighted by Gasteiger charge is -2.09. The van der Waals surface area contributed by atoms with Crippen LogP contribution >= 0.6 is 15.9 Å². The van der Waals surface area contributed by atoms with Gasteiger partial charge in [0.15, 0.2) is 0 Å². The summed E-state index contributed by atoms with van der Waals surface area (Å²) in [5, 5.41) is 4.45. The van der Waals surface area contributed by atoms with Gasteiger partial charge in [-0.2, -0.15) is 0 Å². The van der Waals surface area contributed by atoms with E-state index in [9.17, 15) is 0 Å². The van der Waals surface area contributed by atoms with Gasteiger partial charge in [-0.1, -0.05) is 28.1 Å². The molecule has 0 fully saturated rings. The summed E-state index contributed by atoms with van der Waals surface area (Å²) in [6.45, 7) is 5.23. The molecule has 1 nitrogen and oxygen atoms in total. The van der Waals surface area contributed by atoms with Gasteiger partial charge in [-0.25, -0.2) is 0 Å². The highest BCUT2D eigenvalue weighted by Crippen LogP contribution is 1.93. The summed E-state index contributed by atoms with van der Waals surface area (Å²) in [6.07, 6.45) is 5.39. The van der Waals surface area contributed by atoms with Crippen LogP contribution in [0.4, 0.5) is 0 Å². The van der Waals surface area contributed by atoms with Gasteiger partial charge < -0.3 is 5.32 Å². The average molecular weight is 206 g/mol. The lowest BCUT2D eigenvalue weighted by Crippen LogP contribution is -2.26. The number of hydrogen-bond donors (Lipinski definition) is 1. The van der Waals surface area contributed by atoms with Crippen LogP contribution in [0.1, 0.15) is 20.3 Å². The number of hydrogen-bond acceptors (Lipinski definition) is 1. The molecule has 0 aromatic carbocycles. The van der Waals surface area contributed by atoms with Crippen LogP contribution in [0, 0.1) is 0 Å². The summed E-state index contributed by atoms with van der Waals surface area (Å²) in [5.74, 6) is 0. The zero-order valence-electron chi connectivity index (χ0n) is 6.73. The SMILES string of the molecule is C/C=C/CNC(C)CCBr. The standard InChI is InChI=1S/C8H16BrN/c1-3-4-7-10-8(2)5-6-9/h3-4,8,10H,5-7H2,1-2H3/b4-3+. The maximum atomic E-state index is 3.40. The quantitative estimate of drug-likeness (QED) is 0.537. The van der Waals surface area contributed by atoms with Crippen molar-refractivity contribution in [1.29, 1.82) is 0 Å². The molecule has 0 spiro atoms. The maximum Gasteiger partial charge on any atom is 0.0137 e. The molecule has 1 atom stereocenters. The van der Waals surface area contributed by atoms with Crippen molar-refractivity contribution in [1.82, 2.24) is 5.32 Å². The molecule has 0 amide bonds. The monoisotopic (exact) mass is 205 g/mol. The average Bonchev–Trinajstić information content (AvgIpc) is 1.89. The van der Waals surface area contributed by atoms with Crippen LogP contribution in [0.3, 0.4) is 0 Å². The Bertz CT molecular complexity index is 91.3. The molecule has 0 saturated heterocycles. The smallest absolute Gasteiger partial charge is 0.0137 e. The van der Waals surface area contributed by atoms with Crippen molar-refractivity contribution >= 4 is 15.9 Å². The van der Waals surface area contributed by atoms with E-state index >= 15 is 0 Å². The van der Waals surface area contributed by atoms with Crippen molar-refractivity contribution in [3.63, 3.8) is 0 Å². The zero-order chi connectivity index (χ0) is 7.82. The van der Waals surface area contributed by atoms with E-state index in [1.54, 1.807) is 0 Å². The largest absolute Gasteiger partial charge is 0.311 e. The summed E-state index contributed by atoms with van der Waals surface area (Å²) in [5.41, 5.74) is 0. The molecule has 0 heterocycles. The minimum atomic E-state index is 0.621. The molecule has 0 aliphatic heterocycles. The highest BCUT2D eigenvalue weighted by atomic mass is 79.9. The van der Waals surface area contributed by atoms with Gasteiger partial charge in [0.1, 0.15) is 0 Å². The molecule has 0 bridgehead atoms. The van der Waals surface area contributed by atoms with E-state index < -0.39 is 0 Å². The number of rotatable bonds is 5. The Kier molecular flexibility index (Phi) is 7.42. The minimum absolute atomic E-state index is 0.621. The van der Waals surface area contributed by atoms with Crippen LogP contribution in [-0.2, 0) is 0 Å². The molecule has 0 radical (unpaired) electrons. The van der Waals surface area contributed by atoms with E-state index in [4.69, 9.17) is 0 Å². The Morgan fingerprint density at radius 2 is 2.30 bits per heavy atom. The van der Waals surface area contributed by atoms with Crippen molar-refractivity contribution < 1.29 is 0 Å². The summed E-state index contributed by atoms with van der Waals surface area (Å²) < 4.78 is 0. The Hall–Kier alpha value is 0.180. The number of allylic oxidation sites excluding steroid dienone is 1. The van der Waals surface area contributed by atoms with Gasteiger partial charge in [-0.15, -0.1) is 0 Å².